The van der Waals surface area contributed by atoms with E-state index >= 15 is 0 Å². The molecule has 0 saturated carbocycles. The van der Waals surface area contributed by atoms with E-state index in [9.17, 15) is 13.6 Å². The van der Waals surface area contributed by atoms with Gasteiger partial charge in [-0.2, -0.15) is 0 Å². The standard InChI is InChI=1S/C14H12F2N2O2/c1-20-13-7-11(2-3-12(13)17)18-14(19)8-4-9(15)6-10(16)5-8/h2-7H,17H2,1H3,(H,18,19). The summed E-state index contributed by atoms with van der Waals surface area (Å²) in [4.78, 5) is 11.9. The van der Waals surface area contributed by atoms with Crippen molar-refractivity contribution in [2.45, 2.75) is 0 Å². The summed E-state index contributed by atoms with van der Waals surface area (Å²) in [5.41, 5.74) is 6.36. The van der Waals surface area contributed by atoms with Crippen LogP contribution in [0, 0.1) is 11.6 Å². The third-order valence-corrected chi connectivity index (χ3v) is 2.62. The molecule has 0 saturated heterocycles. The highest BCUT2D eigenvalue weighted by Gasteiger charge is 2.10. The fourth-order valence-electron chi connectivity index (χ4n) is 1.68. The number of nitrogens with one attached hydrogen (secondary N) is 1. The molecule has 4 nitrogen and oxygen atoms in total. The van der Waals surface area contributed by atoms with Gasteiger partial charge < -0.3 is 15.8 Å². The zero-order valence-electron chi connectivity index (χ0n) is 10.6. The van der Waals surface area contributed by atoms with E-state index in [1.54, 1.807) is 12.1 Å². The maximum atomic E-state index is 13.0. The number of anilines is 2. The molecule has 0 heterocycles. The summed E-state index contributed by atoms with van der Waals surface area (Å²) in [7, 11) is 1.44. The molecule has 0 unspecified atom stereocenters. The Kier molecular flexibility index (Phi) is 3.84. The predicted molar refractivity (Wildman–Crippen MR) is 71.7 cm³/mol. The van der Waals surface area contributed by atoms with Crippen LogP contribution >= 0.6 is 0 Å². The number of methoxy groups -OCH3 is 1. The average molecular weight is 278 g/mol. The molecule has 0 bridgehead atoms. The number of nitrogen functional groups attached to an aromatic ring is 1. The van der Waals surface area contributed by atoms with Crippen LogP contribution in [-0.4, -0.2) is 13.0 Å². The zero-order valence-corrected chi connectivity index (χ0v) is 10.6. The molecule has 2 aromatic rings. The van der Waals surface area contributed by atoms with Crippen molar-refractivity contribution in [3.8, 4) is 5.75 Å². The van der Waals surface area contributed by atoms with E-state index < -0.39 is 17.5 Å². The molecule has 0 aliphatic heterocycles. The van der Waals surface area contributed by atoms with Crippen LogP contribution in [-0.2, 0) is 0 Å². The van der Waals surface area contributed by atoms with E-state index in [1.807, 2.05) is 0 Å². The second-order valence-electron chi connectivity index (χ2n) is 4.07. The molecule has 0 spiro atoms. The molecule has 0 radical (unpaired) electrons. The topological polar surface area (TPSA) is 64.3 Å². The summed E-state index contributed by atoms with van der Waals surface area (Å²) in [5, 5.41) is 2.51. The number of amides is 1. The van der Waals surface area contributed by atoms with Gasteiger partial charge in [-0.3, -0.25) is 4.79 Å². The van der Waals surface area contributed by atoms with Gasteiger partial charge in [0.25, 0.3) is 5.91 Å². The largest absolute Gasteiger partial charge is 0.495 e. The fourth-order valence-corrected chi connectivity index (χ4v) is 1.68. The van der Waals surface area contributed by atoms with Gasteiger partial charge in [-0.05, 0) is 24.3 Å². The van der Waals surface area contributed by atoms with E-state index in [4.69, 9.17) is 10.5 Å². The summed E-state index contributed by atoms with van der Waals surface area (Å²) in [6, 6.07) is 7.23. The van der Waals surface area contributed by atoms with Crippen molar-refractivity contribution < 1.29 is 18.3 Å². The van der Waals surface area contributed by atoms with Crippen molar-refractivity contribution in [3.63, 3.8) is 0 Å². The Morgan fingerprint density at radius 2 is 1.80 bits per heavy atom. The van der Waals surface area contributed by atoms with Crippen molar-refractivity contribution in [3.05, 3.63) is 53.6 Å². The van der Waals surface area contributed by atoms with E-state index in [2.05, 4.69) is 5.32 Å². The van der Waals surface area contributed by atoms with Crippen molar-refractivity contribution in [1.29, 1.82) is 0 Å². The van der Waals surface area contributed by atoms with Crippen molar-refractivity contribution in [2.75, 3.05) is 18.2 Å². The highest BCUT2D eigenvalue weighted by atomic mass is 19.1. The Morgan fingerprint density at radius 1 is 1.15 bits per heavy atom. The predicted octanol–water partition coefficient (Wildman–Crippen LogP) is 2.81. The number of benzene rings is 2. The van der Waals surface area contributed by atoms with Crippen LogP contribution in [0.5, 0.6) is 5.75 Å². The summed E-state index contributed by atoms with van der Waals surface area (Å²) in [5.74, 6) is -1.86. The number of rotatable bonds is 3. The van der Waals surface area contributed by atoms with Gasteiger partial charge in [0.1, 0.15) is 17.4 Å². The van der Waals surface area contributed by atoms with Crippen LogP contribution in [0.1, 0.15) is 10.4 Å². The third kappa shape index (κ3) is 3.03. The highest BCUT2D eigenvalue weighted by Crippen LogP contribution is 2.25. The van der Waals surface area contributed by atoms with Gasteiger partial charge in [-0.1, -0.05) is 0 Å². The number of carbonyl (C=O) groups is 1. The van der Waals surface area contributed by atoms with Crippen LogP contribution < -0.4 is 15.8 Å². The third-order valence-electron chi connectivity index (χ3n) is 2.62. The summed E-state index contributed by atoms with van der Waals surface area (Å²) in [6.07, 6.45) is 0. The monoisotopic (exact) mass is 278 g/mol. The van der Waals surface area contributed by atoms with Crippen LogP contribution in [0.15, 0.2) is 36.4 Å². The van der Waals surface area contributed by atoms with Crippen LogP contribution in [0.3, 0.4) is 0 Å². The molecule has 2 aromatic carbocycles. The van der Waals surface area contributed by atoms with Gasteiger partial charge in [0.2, 0.25) is 0 Å². The molecule has 0 aliphatic carbocycles. The Labute approximate surface area is 114 Å². The first kappa shape index (κ1) is 13.8. The summed E-state index contributed by atoms with van der Waals surface area (Å²) >= 11 is 0. The van der Waals surface area contributed by atoms with E-state index in [0.29, 0.717) is 23.2 Å². The second kappa shape index (κ2) is 5.56. The Morgan fingerprint density at radius 3 is 2.40 bits per heavy atom. The minimum atomic E-state index is -0.815. The smallest absolute Gasteiger partial charge is 0.255 e. The molecule has 104 valence electrons. The Hall–Kier alpha value is -2.63. The first-order chi connectivity index (χ1) is 9.49. The highest BCUT2D eigenvalue weighted by molar-refractivity contribution is 6.04. The SMILES string of the molecule is COc1cc(NC(=O)c2cc(F)cc(F)c2)ccc1N. The van der Waals surface area contributed by atoms with Crippen LogP contribution in [0.4, 0.5) is 20.2 Å². The number of nitrogens with two attached hydrogens (primary N) is 1. The average Bonchev–Trinajstić information content (AvgIpc) is 2.39. The molecule has 0 fully saturated rings. The van der Waals surface area contributed by atoms with Gasteiger partial charge in [-0.15, -0.1) is 0 Å². The first-order valence-electron chi connectivity index (χ1n) is 5.70. The number of hydrogen-bond donors (Lipinski definition) is 2. The molecule has 0 aliphatic rings. The van der Waals surface area contributed by atoms with Gasteiger partial charge in [-0.25, -0.2) is 8.78 Å². The summed E-state index contributed by atoms with van der Waals surface area (Å²) in [6.45, 7) is 0. The molecule has 6 heteroatoms. The normalized spacial score (nSPS) is 10.2. The molecule has 2 rings (SSSR count). The number of halogens is 2. The van der Waals surface area contributed by atoms with Crippen LogP contribution in [0.2, 0.25) is 0 Å². The van der Waals surface area contributed by atoms with Gasteiger partial charge in [0, 0.05) is 23.4 Å². The van der Waals surface area contributed by atoms with E-state index in [1.165, 1.54) is 13.2 Å². The molecular formula is C14H12F2N2O2. The summed E-state index contributed by atoms with van der Waals surface area (Å²) < 4.78 is 31.1. The molecule has 0 atom stereocenters. The Balaban J connectivity index is 2.23. The molecular weight excluding hydrogens is 266 g/mol. The lowest BCUT2D eigenvalue weighted by atomic mass is 10.2. The number of hydrogen-bond acceptors (Lipinski definition) is 3. The van der Waals surface area contributed by atoms with Crippen molar-refractivity contribution in [2.24, 2.45) is 0 Å². The van der Waals surface area contributed by atoms with Crippen LogP contribution in [0.25, 0.3) is 0 Å². The van der Waals surface area contributed by atoms with E-state index in [-0.39, 0.29) is 5.56 Å². The van der Waals surface area contributed by atoms with Crippen molar-refractivity contribution >= 4 is 17.3 Å². The van der Waals surface area contributed by atoms with Crippen molar-refractivity contribution in [1.82, 2.24) is 0 Å². The minimum absolute atomic E-state index is 0.113. The lowest BCUT2D eigenvalue weighted by Gasteiger charge is -2.09. The molecule has 1 amide bonds. The van der Waals surface area contributed by atoms with Gasteiger partial charge in [0.15, 0.2) is 0 Å². The lowest BCUT2D eigenvalue weighted by molar-refractivity contribution is 0.102. The molecule has 20 heavy (non-hydrogen) atoms. The quantitative estimate of drug-likeness (QED) is 0.848. The minimum Gasteiger partial charge on any atom is -0.495 e. The van der Waals surface area contributed by atoms with Gasteiger partial charge >= 0.3 is 0 Å². The van der Waals surface area contributed by atoms with Gasteiger partial charge in [0.05, 0.1) is 12.8 Å². The maximum Gasteiger partial charge on any atom is 0.255 e. The van der Waals surface area contributed by atoms with E-state index in [0.717, 1.165) is 12.1 Å². The maximum absolute atomic E-state index is 13.0. The molecule has 0 aromatic heterocycles. The fraction of sp³-hybridized carbons (Fsp3) is 0.0714. The number of carbonyl (C=O) groups excluding carboxylic acids is 1. The zero-order chi connectivity index (χ0) is 14.7. The number of ether oxygens (including phenoxy) is 1. The lowest BCUT2D eigenvalue weighted by Crippen LogP contribution is -2.12. The molecule has 3 N–H and O–H groups in total. The second-order valence-corrected chi connectivity index (χ2v) is 4.07. The Bertz CT molecular complexity index is 639. The first-order valence-corrected chi connectivity index (χ1v) is 5.70.